The molecule has 3 rings (SSSR count). The van der Waals surface area contributed by atoms with Crippen molar-refractivity contribution in [1.82, 2.24) is 15.1 Å². The van der Waals surface area contributed by atoms with Gasteiger partial charge in [0.05, 0.1) is 0 Å². The van der Waals surface area contributed by atoms with Gasteiger partial charge in [-0.05, 0) is 31.2 Å². The lowest BCUT2D eigenvalue weighted by molar-refractivity contribution is 0.0956. The van der Waals surface area contributed by atoms with Gasteiger partial charge in [-0.3, -0.25) is 4.90 Å². The predicted molar refractivity (Wildman–Crippen MR) is 79.5 cm³/mol. The topological polar surface area (TPSA) is 79.5 Å². The number of benzene rings is 1. The Balaban J connectivity index is 1.66. The van der Waals surface area contributed by atoms with Crippen LogP contribution in [0.4, 0.5) is 4.79 Å². The molecular weight excluding hydrogens is 282 g/mol. The van der Waals surface area contributed by atoms with E-state index in [9.17, 15) is 9.90 Å². The highest BCUT2D eigenvalue weighted by Gasteiger charge is 2.31. The van der Waals surface area contributed by atoms with E-state index in [1.807, 2.05) is 18.2 Å². The lowest BCUT2D eigenvalue weighted by Gasteiger charge is -2.30. The van der Waals surface area contributed by atoms with E-state index in [1.54, 1.807) is 0 Å². The second-order valence-electron chi connectivity index (χ2n) is 5.51. The fourth-order valence-corrected chi connectivity index (χ4v) is 2.82. The van der Waals surface area contributed by atoms with Crippen molar-refractivity contribution in [2.24, 2.45) is 0 Å². The van der Waals surface area contributed by atoms with E-state index in [4.69, 9.17) is 4.42 Å². The van der Waals surface area contributed by atoms with Crippen molar-refractivity contribution in [3.8, 4) is 0 Å². The van der Waals surface area contributed by atoms with Crippen molar-refractivity contribution in [3.05, 3.63) is 47.7 Å². The van der Waals surface area contributed by atoms with Crippen LogP contribution >= 0.6 is 0 Å². The minimum atomic E-state index is -0.922. The zero-order valence-electron chi connectivity index (χ0n) is 12.3. The lowest BCUT2D eigenvalue weighted by atomic mass is 10.0. The Morgan fingerprint density at radius 1 is 1.23 bits per heavy atom. The van der Waals surface area contributed by atoms with Gasteiger partial charge >= 0.3 is 6.09 Å². The molecule has 2 heterocycles. The maximum Gasteiger partial charge on any atom is 0.407 e. The van der Waals surface area contributed by atoms with E-state index in [-0.39, 0.29) is 6.04 Å². The predicted octanol–water partition coefficient (Wildman–Crippen LogP) is 3.06. The van der Waals surface area contributed by atoms with Crippen LogP contribution in [-0.4, -0.2) is 32.8 Å². The summed E-state index contributed by atoms with van der Waals surface area (Å²) in [7, 11) is 0. The monoisotopic (exact) mass is 301 g/mol. The lowest BCUT2D eigenvalue weighted by Crippen LogP contribution is -2.37. The Morgan fingerprint density at radius 2 is 2.05 bits per heavy atom. The molecule has 6 heteroatoms. The highest BCUT2D eigenvalue weighted by Crippen LogP contribution is 2.30. The van der Waals surface area contributed by atoms with Crippen molar-refractivity contribution in [3.63, 3.8) is 0 Å². The second-order valence-corrected chi connectivity index (χ2v) is 5.51. The number of nitrogens with zero attached hydrogens (tertiary/aromatic N) is 3. The molecule has 0 radical (unpaired) electrons. The summed E-state index contributed by atoms with van der Waals surface area (Å²) in [4.78, 5) is 12.7. The minimum absolute atomic E-state index is 0.302. The van der Waals surface area contributed by atoms with Gasteiger partial charge in [0, 0.05) is 13.0 Å². The van der Waals surface area contributed by atoms with Gasteiger partial charge in [-0.15, -0.1) is 10.2 Å². The number of carboxylic acid groups (broad SMARTS) is 1. The first-order valence-electron chi connectivity index (χ1n) is 7.60. The quantitative estimate of drug-likeness (QED) is 0.938. The molecule has 1 N–H and O–H groups in total. The standard InChI is InChI=1S/C16H19N3O3/c20-16(21)19-11-5-4-8-13(19)15-18-17-14(22-15)10-9-12-6-2-1-3-7-12/h1-3,6-7,13H,4-5,8-11H2,(H,20,21). The molecule has 6 nitrogen and oxygen atoms in total. The van der Waals surface area contributed by atoms with E-state index in [0.717, 1.165) is 25.7 Å². The van der Waals surface area contributed by atoms with Crippen LogP contribution in [0.5, 0.6) is 0 Å². The number of hydrogen-bond donors (Lipinski definition) is 1. The number of amides is 1. The Labute approximate surface area is 128 Å². The summed E-state index contributed by atoms with van der Waals surface area (Å²) in [5, 5.41) is 17.4. The molecule has 22 heavy (non-hydrogen) atoms. The largest absolute Gasteiger partial charge is 0.465 e. The van der Waals surface area contributed by atoms with Crippen LogP contribution < -0.4 is 0 Å². The number of piperidine rings is 1. The molecule has 0 aliphatic carbocycles. The molecule has 1 atom stereocenters. The number of aryl methyl sites for hydroxylation is 2. The van der Waals surface area contributed by atoms with Crippen molar-refractivity contribution in [2.45, 2.75) is 38.1 Å². The molecule has 1 saturated heterocycles. The Kier molecular flexibility index (Phi) is 4.37. The van der Waals surface area contributed by atoms with Crippen LogP contribution in [0.2, 0.25) is 0 Å². The van der Waals surface area contributed by atoms with Crippen LogP contribution in [-0.2, 0) is 12.8 Å². The minimum Gasteiger partial charge on any atom is -0.465 e. The molecule has 1 unspecified atom stereocenters. The van der Waals surface area contributed by atoms with E-state index < -0.39 is 6.09 Å². The van der Waals surface area contributed by atoms with E-state index in [1.165, 1.54) is 10.5 Å². The summed E-state index contributed by atoms with van der Waals surface area (Å²) in [5.41, 5.74) is 1.21. The third-order valence-corrected chi connectivity index (χ3v) is 3.99. The highest BCUT2D eigenvalue weighted by molar-refractivity contribution is 5.65. The smallest absolute Gasteiger partial charge is 0.407 e. The molecule has 1 fully saturated rings. The molecule has 2 aromatic rings. The van der Waals surface area contributed by atoms with Gasteiger partial charge in [0.1, 0.15) is 6.04 Å². The van der Waals surface area contributed by atoms with Crippen LogP contribution in [0.3, 0.4) is 0 Å². The molecule has 0 bridgehead atoms. The molecule has 1 aliphatic rings. The van der Waals surface area contributed by atoms with Gasteiger partial charge in [0.25, 0.3) is 0 Å². The number of carbonyl (C=O) groups is 1. The molecule has 116 valence electrons. The maximum atomic E-state index is 11.3. The molecule has 1 aliphatic heterocycles. The molecule has 1 aromatic heterocycles. The van der Waals surface area contributed by atoms with Gasteiger partial charge in [-0.2, -0.15) is 0 Å². The maximum absolute atomic E-state index is 11.3. The van der Waals surface area contributed by atoms with E-state index in [2.05, 4.69) is 22.3 Å². The summed E-state index contributed by atoms with van der Waals surface area (Å²) in [6.45, 7) is 0.529. The molecule has 0 spiro atoms. The first-order chi connectivity index (χ1) is 10.7. The van der Waals surface area contributed by atoms with Crippen LogP contribution in [0, 0.1) is 0 Å². The molecule has 1 amide bonds. The van der Waals surface area contributed by atoms with Gasteiger partial charge in [-0.25, -0.2) is 4.79 Å². The SMILES string of the molecule is O=C(O)N1CCCCC1c1nnc(CCc2ccccc2)o1. The van der Waals surface area contributed by atoms with Crippen molar-refractivity contribution < 1.29 is 14.3 Å². The first-order valence-corrected chi connectivity index (χ1v) is 7.60. The van der Waals surface area contributed by atoms with Crippen LogP contribution in [0.1, 0.15) is 42.6 Å². The van der Waals surface area contributed by atoms with Gasteiger partial charge in [0.2, 0.25) is 11.8 Å². The summed E-state index contributed by atoms with van der Waals surface area (Å²) < 4.78 is 5.70. The zero-order chi connectivity index (χ0) is 15.4. The summed E-state index contributed by atoms with van der Waals surface area (Å²) in [5.74, 6) is 0.986. The Bertz CT molecular complexity index is 627. The molecular formula is C16H19N3O3. The number of hydrogen-bond acceptors (Lipinski definition) is 4. The first kappa shape index (κ1) is 14.6. The fourth-order valence-electron chi connectivity index (χ4n) is 2.82. The zero-order valence-corrected chi connectivity index (χ0v) is 12.3. The van der Waals surface area contributed by atoms with Crippen LogP contribution in [0.15, 0.2) is 34.7 Å². The van der Waals surface area contributed by atoms with Gasteiger partial charge in [0.15, 0.2) is 0 Å². The van der Waals surface area contributed by atoms with Crippen molar-refractivity contribution in [2.75, 3.05) is 6.54 Å². The molecule has 0 saturated carbocycles. The van der Waals surface area contributed by atoms with E-state index in [0.29, 0.717) is 24.7 Å². The van der Waals surface area contributed by atoms with Crippen molar-refractivity contribution >= 4 is 6.09 Å². The highest BCUT2D eigenvalue weighted by atomic mass is 16.4. The second kappa shape index (κ2) is 6.60. The average molecular weight is 301 g/mol. The summed E-state index contributed by atoms with van der Waals surface area (Å²) in [6.07, 6.45) is 3.18. The number of aromatic nitrogens is 2. The summed E-state index contributed by atoms with van der Waals surface area (Å²) in [6, 6.07) is 9.81. The number of rotatable bonds is 4. The summed E-state index contributed by atoms with van der Waals surface area (Å²) >= 11 is 0. The molecule has 1 aromatic carbocycles. The van der Waals surface area contributed by atoms with Crippen molar-refractivity contribution in [1.29, 1.82) is 0 Å². The number of likely N-dealkylation sites (tertiary alicyclic amines) is 1. The third-order valence-electron chi connectivity index (χ3n) is 3.99. The van der Waals surface area contributed by atoms with Gasteiger partial charge < -0.3 is 9.52 Å². The average Bonchev–Trinajstić information content (AvgIpc) is 3.03. The van der Waals surface area contributed by atoms with E-state index >= 15 is 0 Å². The Morgan fingerprint density at radius 3 is 2.82 bits per heavy atom. The Hall–Kier alpha value is -2.37. The third kappa shape index (κ3) is 3.27. The van der Waals surface area contributed by atoms with Gasteiger partial charge in [-0.1, -0.05) is 30.3 Å². The normalized spacial score (nSPS) is 18.4. The fraction of sp³-hybridized carbons (Fsp3) is 0.438. The van der Waals surface area contributed by atoms with Crippen LogP contribution in [0.25, 0.3) is 0 Å².